The molecule has 6 nitrogen and oxygen atoms in total. The van der Waals surface area contributed by atoms with Gasteiger partial charge in [0, 0.05) is 52.7 Å². The van der Waals surface area contributed by atoms with Crippen molar-refractivity contribution >= 4 is 35.8 Å². The third kappa shape index (κ3) is 8.60. The zero-order chi connectivity index (χ0) is 21.2. The van der Waals surface area contributed by atoms with Crippen molar-refractivity contribution in [2.45, 2.75) is 39.0 Å². The summed E-state index contributed by atoms with van der Waals surface area (Å²) in [6.45, 7) is 9.40. The van der Waals surface area contributed by atoms with Crippen LogP contribution in [-0.4, -0.2) is 74.5 Å². The monoisotopic (exact) mass is 541 g/mol. The number of nitrogens with one attached hydrogen (secondary N) is 2. The summed E-state index contributed by atoms with van der Waals surface area (Å²) in [5, 5.41) is 6.23. The lowest BCUT2D eigenvalue weighted by atomic mass is 9.93. The maximum atomic E-state index is 11.6. The molecule has 1 unspecified atom stereocenters. The van der Waals surface area contributed by atoms with Crippen LogP contribution < -0.4 is 10.6 Å². The molecule has 0 aliphatic carbocycles. The van der Waals surface area contributed by atoms with E-state index < -0.39 is 0 Å². The number of rotatable bonds is 8. The molecule has 0 bridgehead atoms. The molecule has 2 aliphatic rings. The number of guanidine groups is 1. The van der Waals surface area contributed by atoms with Crippen molar-refractivity contribution in [3.8, 4) is 0 Å². The lowest BCUT2D eigenvalue weighted by Crippen LogP contribution is -2.46. The van der Waals surface area contributed by atoms with Gasteiger partial charge in [-0.2, -0.15) is 0 Å². The fraction of sp³-hybridized carbons (Fsp3) is 0.667. The zero-order valence-corrected chi connectivity index (χ0v) is 21.5. The van der Waals surface area contributed by atoms with Crippen molar-refractivity contribution in [3.05, 3.63) is 35.9 Å². The first-order valence-corrected chi connectivity index (χ1v) is 11.7. The van der Waals surface area contributed by atoms with Crippen molar-refractivity contribution in [2.24, 2.45) is 16.8 Å². The molecule has 2 fully saturated rings. The second kappa shape index (κ2) is 13.9. The summed E-state index contributed by atoms with van der Waals surface area (Å²) in [4.78, 5) is 21.6. The van der Waals surface area contributed by atoms with Crippen molar-refractivity contribution in [1.82, 2.24) is 20.4 Å². The maximum absolute atomic E-state index is 11.6. The van der Waals surface area contributed by atoms with E-state index in [1.165, 1.54) is 18.5 Å². The number of likely N-dealkylation sites (tertiary alicyclic amines) is 2. The number of piperidine rings is 1. The fourth-order valence-corrected chi connectivity index (χ4v) is 4.55. The van der Waals surface area contributed by atoms with E-state index >= 15 is 0 Å². The minimum absolute atomic E-state index is 0. The van der Waals surface area contributed by atoms with Gasteiger partial charge in [0.2, 0.25) is 5.91 Å². The van der Waals surface area contributed by atoms with Gasteiger partial charge in [-0.1, -0.05) is 30.3 Å². The molecule has 7 heteroatoms. The average molecular weight is 542 g/mol. The smallest absolute Gasteiger partial charge is 0.220 e. The van der Waals surface area contributed by atoms with Crippen molar-refractivity contribution in [3.63, 3.8) is 0 Å². The number of hydrogen-bond donors (Lipinski definition) is 2. The van der Waals surface area contributed by atoms with Gasteiger partial charge in [0.05, 0.1) is 0 Å². The number of carbonyl (C=O) groups excluding carboxylic acids is 1. The van der Waals surface area contributed by atoms with Crippen LogP contribution in [-0.2, 0) is 11.2 Å². The number of carbonyl (C=O) groups is 1. The summed E-state index contributed by atoms with van der Waals surface area (Å²) in [5.74, 6) is 2.36. The SMILES string of the molecule is CCNC(=NCC1CCN(CCc2ccccc2)C1)N1CCC(CC(=O)NC)CC1.I. The van der Waals surface area contributed by atoms with Gasteiger partial charge in [0.25, 0.3) is 0 Å². The molecule has 1 aromatic carbocycles. The molecule has 0 radical (unpaired) electrons. The summed E-state index contributed by atoms with van der Waals surface area (Å²) in [7, 11) is 1.72. The van der Waals surface area contributed by atoms with Crippen LogP contribution in [0.3, 0.4) is 0 Å². The first-order chi connectivity index (χ1) is 14.7. The Kier molecular flexibility index (Phi) is 11.6. The highest BCUT2D eigenvalue weighted by atomic mass is 127. The average Bonchev–Trinajstić information content (AvgIpc) is 3.24. The highest BCUT2D eigenvalue weighted by Gasteiger charge is 2.25. The van der Waals surface area contributed by atoms with E-state index in [-0.39, 0.29) is 29.9 Å². The van der Waals surface area contributed by atoms with E-state index in [4.69, 9.17) is 4.99 Å². The molecule has 2 aliphatic heterocycles. The van der Waals surface area contributed by atoms with Gasteiger partial charge in [-0.25, -0.2) is 0 Å². The molecule has 1 aromatic rings. The molecular formula is C24H40IN5O. The Bertz CT molecular complexity index is 676. The van der Waals surface area contributed by atoms with Crippen LogP contribution in [0.5, 0.6) is 0 Å². The number of amides is 1. The molecule has 0 spiro atoms. The highest BCUT2D eigenvalue weighted by molar-refractivity contribution is 14.0. The van der Waals surface area contributed by atoms with Crippen LogP contribution in [0.15, 0.2) is 35.3 Å². The molecule has 1 amide bonds. The Hall–Kier alpha value is -1.35. The van der Waals surface area contributed by atoms with Crippen molar-refractivity contribution in [1.29, 1.82) is 0 Å². The molecule has 0 aromatic heterocycles. The Morgan fingerprint density at radius 3 is 2.48 bits per heavy atom. The lowest BCUT2D eigenvalue weighted by Gasteiger charge is -2.34. The predicted octanol–water partition coefficient (Wildman–Crippen LogP) is 2.98. The third-order valence-corrected chi connectivity index (χ3v) is 6.43. The Morgan fingerprint density at radius 1 is 1.10 bits per heavy atom. The van der Waals surface area contributed by atoms with E-state index in [9.17, 15) is 4.79 Å². The van der Waals surface area contributed by atoms with Crippen molar-refractivity contribution in [2.75, 3.05) is 52.9 Å². The number of aliphatic imine (C=N–C) groups is 1. The summed E-state index contributed by atoms with van der Waals surface area (Å²) in [6, 6.07) is 10.8. The van der Waals surface area contributed by atoms with E-state index in [0.29, 0.717) is 18.3 Å². The second-order valence-corrected chi connectivity index (χ2v) is 8.69. The quantitative estimate of drug-likeness (QED) is 0.302. The largest absolute Gasteiger partial charge is 0.359 e. The Balaban J connectivity index is 0.00000341. The van der Waals surface area contributed by atoms with Crippen LogP contribution >= 0.6 is 24.0 Å². The van der Waals surface area contributed by atoms with Crippen LogP contribution in [0.1, 0.15) is 38.2 Å². The van der Waals surface area contributed by atoms with E-state index in [2.05, 4.69) is 57.7 Å². The van der Waals surface area contributed by atoms with Crippen LogP contribution in [0.2, 0.25) is 0 Å². The molecule has 3 rings (SSSR count). The second-order valence-electron chi connectivity index (χ2n) is 8.69. The van der Waals surface area contributed by atoms with Gasteiger partial charge in [-0.3, -0.25) is 9.79 Å². The molecule has 0 saturated carbocycles. The lowest BCUT2D eigenvalue weighted by molar-refractivity contribution is -0.121. The standard InChI is InChI=1S/C24H39N5O.HI/c1-3-26-24(29-15-11-21(12-16-29)17-23(30)25-2)27-18-22-10-14-28(19-22)13-9-20-7-5-4-6-8-20;/h4-8,21-22H,3,9-19H2,1-2H3,(H,25,30)(H,26,27);1H. The Morgan fingerprint density at radius 2 is 1.81 bits per heavy atom. The Labute approximate surface area is 205 Å². The van der Waals surface area contributed by atoms with Crippen molar-refractivity contribution < 1.29 is 4.79 Å². The molecule has 2 saturated heterocycles. The topological polar surface area (TPSA) is 60.0 Å². The number of hydrogen-bond acceptors (Lipinski definition) is 3. The number of nitrogens with zero attached hydrogens (tertiary/aromatic N) is 3. The highest BCUT2D eigenvalue weighted by Crippen LogP contribution is 2.21. The fourth-order valence-electron chi connectivity index (χ4n) is 4.55. The summed E-state index contributed by atoms with van der Waals surface area (Å²) >= 11 is 0. The minimum atomic E-state index is 0. The van der Waals surface area contributed by atoms with Crippen LogP contribution in [0.25, 0.3) is 0 Å². The molecule has 2 heterocycles. The first-order valence-electron chi connectivity index (χ1n) is 11.7. The molecule has 31 heavy (non-hydrogen) atoms. The van der Waals surface area contributed by atoms with Gasteiger partial charge in [-0.15, -0.1) is 24.0 Å². The molecule has 174 valence electrons. The van der Waals surface area contributed by atoms with Crippen LogP contribution in [0.4, 0.5) is 0 Å². The van der Waals surface area contributed by atoms with Crippen LogP contribution in [0, 0.1) is 11.8 Å². The molecule has 1 atom stereocenters. The first kappa shape index (κ1) is 25.9. The van der Waals surface area contributed by atoms with Gasteiger partial charge in [-0.05, 0) is 56.6 Å². The van der Waals surface area contributed by atoms with E-state index in [1.807, 2.05) is 0 Å². The summed E-state index contributed by atoms with van der Waals surface area (Å²) in [6.07, 6.45) is 5.15. The third-order valence-electron chi connectivity index (χ3n) is 6.43. The van der Waals surface area contributed by atoms with Gasteiger partial charge in [0.15, 0.2) is 5.96 Å². The van der Waals surface area contributed by atoms with Gasteiger partial charge < -0.3 is 20.4 Å². The molecular weight excluding hydrogens is 501 g/mol. The number of halogens is 1. The van der Waals surface area contributed by atoms with Gasteiger partial charge in [0.1, 0.15) is 0 Å². The predicted molar refractivity (Wildman–Crippen MR) is 139 cm³/mol. The minimum Gasteiger partial charge on any atom is -0.359 e. The van der Waals surface area contributed by atoms with E-state index in [1.54, 1.807) is 7.05 Å². The summed E-state index contributed by atoms with van der Waals surface area (Å²) in [5.41, 5.74) is 1.42. The number of benzene rings is 1. The maximum Gasteiger partial charge on any atom is 0.220 e. The zero-order valence-electron chi connectivity index (χ0n) is 19.2. The normalized spacial score (nSPS) is 20.4. The van der Waals surface area contributed by atoms with Gasteiger partial charge >= 0.3 is 0 Å². The summed E-state index contributed by atoms with van der Waals surface area (Å²) < 4.78 is 0. The molecule has 2 N–H and O–H groups in total. The van der Waals surface area contributed by atoms with E-state index in [0.717, 1.165) is 64.5 Å².